The molecule has 0 radical (unpaired) electrons. The van der Waals surface area contributed by atoms with Crippen molar-refractivity contribution in [2.24, 2.45) is 5.92 Å². The summed E-state index contributed by atoms with van der Waals surface area (Å²) in [6.45, 7) is 19.7. The molecule has 0 spiro atoms. The summed E-state index contributed by atoms with van der Waals surface area (Å²) < 4.78 is 8.54. The molecule has 0 amide bonds. The number of benzene rings is 7. The minimum Gasteiger partial charge on any atom is -0.422 e. The topological polar surface area (TPSA) is 38.4 Å². The molecule has 2 aromatic heterocycles. The van der Waals surface area contributed by atoms with E-state index in [1.807, 2.05) is 18.2 Å². The summed E-state index contributed by atoms with van der Waals surface area (Å²) in [5.74, 6) is 0.0549. The second-order valence-electron chi connectivity index (χ2n) is 21.7. The maximum atomic E-state index is 14.1. The van der Waals surface area contributed by atoms with Gasteiger partial charge in [-0.3, -0.25) is 0 Å². The van der Waals surface area contributed by atoms with Gasteiger partial charge in [-0.1, -0.05) is 156 Å². The van der Waals surface area contributed by atoms with E-state index in [-0.39, 0.29) is 27.8 Å². The average Bonchev–Trinajstić information content (AvgIpc) is 3.83. The number of rotatable bonds is 2. The second kappa shape index (κ2) is 12.4. The van der Waals surface area contributed by atoms with E-state index in [1.165, 1.54) is 72.7 Å². The zero-order valence-corrected chi connectivity index (χ0v) is 39.4. The first-order valence-corrected chi connectivity index (χ1v) is 24.0. The van der Waals surface area contributed by atoms with Gasteiger partial charge in [-0.05, 0) is 125 Å². The van der Waals surface area contributed by atoms with Crippen LogP contribution in [-0.4, -0.2) is 10.1 Å². The van der Waals surface area contributed by atoms with Crippen molar-refractivity contribution in [1.82, 2.24) is 4.57 Å². The zero-order chi connectivity index (χ0) is 45.7. The first-order valence-electron chi connectivity index (χ1n) is 24.0. The van der Waals surface area contributed by atoms with Crippen LogP contribution < -0.4 is 10.5 Å². The summed E-state index contributed by atoms with van der Waals surface area (Å²) in [6, 6.07) is 55.8. The van der Waals surface area contributed by atoms with Crippen LogP contribution in [-0.2, 0) is 21.7 Å². The third-order valence-corrected chi connectivity index (χ3v) is 17.6. The predicted molar refractivity (Wildman–Crippen MR) is 277 cm³/mol. The van der Waals surface area contributed by atoms with Gasteiger partial charge in [0.05, 0.1) is 27.4 Å². The molecule has 0 bridgehead atoms. The quantitative estimate of drug-likeness (QED) is 0.0987. The summed E-state index contributed by atoms with van der Waals surface area (Å²) >= 11 is 0. The summed E-state index contributed by atoms with van der Waals surface area (Å²) in [5.41, 5.74) is 18.0. The molecule has 326 valence electrons. The summed E-state index contributed by atoms with van der Waals surface area (Å²) in [6.07, 6.45) is 5.29. The summed E-state index contributed by atoms with van der Waals surface area (Å²) in [5, 5.41) is 4.73. The van der Waals surface area contributed by atoms with Crippen LogP contribution in [0.4, 0.5) is 11.4 Å². The Morgan fingerprint density at radius 1 is 0.522 bits per heavy atom. The Balaban J connectivity index is 1.11. The molecule has 4 unspecified atom stereocenters. The smallest absolute Gasteiger partial charge is 0.344 e. The van der Waals surface area contributed by atoms with Gasteiger partial charge in [0, 0.05) is 54.9 Å². The molecule has 0 N–H and O–H groups in total. The summed E-state index contributed by atoms with van der Waals surface area (Å²) in [7, 11) is 0. The normalized spacial score (nSPS) is 24.8. The molecule has 9 aromatic rings. The van der Waals surface area contributed by atoms with Crippen molar-refractivity contribution in [1.29, 1.82) is 0 Å². The van der Waals surface area contributed by atoms with Crippen LogP contribution in [0.15, 0.2) is 190 Å². The van der Waals surface area contributed by atoms with E-state index in [9.17, 15) is 4.79 Å². The highest BCUT2D eigenvalue weighted by Crippen LogP contribution is 2.70. The van der Waals surface area contributed by atoms with Gasteiger partial charge in [-0.2, -0.15) is 0 Å². The maximum absolute atomic E-state index is 14.1. The Kier molecular flexibility index (Phi) is 7.24. The predicted octanol–water partition coefficient (Wildman–Crippen LogP) is 15.2. The van der Waals surface area contributed by atoms with Crippen molar-refractivity contribution in [3.05, 3.63) is 219 Å². The van der Waals surface area contributed by atoms with Crippen LogP contribution in [0, 0.1) is 5.92 Å². The number of hydrogen-bond donors (Lipinski definition) is 0. The summed E-state index contributed by atoms with van der Waals surface area (Å²) in [4.78, 5) is 16.8. The van der Waals surface area contributed by atoms with Crippen LogP contribution in [0.1, 0.15) is 83.2 Å². The highest BCUT2D eigenvalue weighted by molar-refractivity contribution is 6.18. The van der Waals surface area contributed by atoms with Gasteiger partial charge in [0.25, 0.3) is 0 Å². The first-order chi connectivity index (χ1) is 32.2. The molecule has 3 heterocycles. The molecule has 4 nitrogen and oxygen atoms in total. The molecule has 14 rings (SSSR count). The number of allylic oxidation sites excluding steroid dienone is 4. The minimum atomic E-state index is -0.625. The van der Waals surface area contributed by atoms with E-state index in [4.69, 9.17) is 4.42 Å². The molecule has 4 heteroatoms. The van der Waals surface area contributed by atoms with E-state index in [0.717, 1.165) is 32.6 Å². The number of nitrogens with zero attached hydrogens (tertiary/aromatic N) is 2. The minimum absolute atomic E-state index is 0.0549. The lowest BCUT2D eigenvalue weighted by Crippen LogP contribution is -2.60. The highest BCUT2D eigenvalue weighted by Gasteiger charge is 2.64. The number of anilines is 2. The molecule has 4 atom stereocenters. The molecule has 0 fully saturated rings. The molecule has 1 aliphatic heterocycles. The van der Waals surface area contributed by atoms with Gasteiger partial charge in [0.2, 0.25) is 0 Å². The van der Waals surface area contributed by atoms with Gasteiger partial charge >= 0.3 is 5.63 Å². The fourth-order valence-corrected chi connectivity index (χ4v) is 14.9. The molecular weight excluding hydrogens is 817 g/mol. The van der Waals surface area contributed by atoms with Gasteiger partial charge < -0.3 is 13.9 Å². The van der Waals surface area contributed by atoms with Gasteiger partial charge in [0.1, 0.15) is 5.58 Å². The number of aromatic nitrogens is 1. The third-order valence-electron chi connectivity index (χ3n) is 17.6. The van der Waals surface area contributed by atoms with Crippen LogP contribution in [0.25, 0.3) is 60.4 Å². The van der Waals surface area contributed by atoms with Crippen molar-refractivity contribution < 1.29 is 4.42 Å². The van der Waals surface area contributed by atoms with Crippen LogP contribution >= 0.6 is 0 Å². The fraction of sp³-hybridized carbons (Fsp3) is 0.222. The van der Waals surface area contributed by atoms with Gasteiger partial charge in [-0.25, -0.2) is 4.79 Å². The molecule has 7 aromatic carbocycles. The SMILES string of the molecule is CC1C=C(n2c3ccccc3c3cc4c(cc32)c(=O)oc2ccccc24)C2(C)C3=C1C1(C)C(=CC3(C)N(c3ccc4c(c3)C(C)(C)c3ccccc3-4)c3ccccc32)C(C)(C)c2ccccc21. The van der Waals surface area contributed by atoms with Crippen molar-refractivity contribution in [2.75, 3.05) is 4.90 Å². The van der Waals surface area contributed by atoms with E-state index < -0.39 is 11.0 Å². The van der Waals surface area contributed by atoms with Crippen molar-refractivity contribution >= 4 is 60.6 Å². The molecule has 5 aliphatic rings. The zero-order valence-electron chi connectivity index (χ0n) is 39.4. The average molecular weight is 869 g/mol. The van der Waals surface area contributed by atoms with Crippen molar-refractivity contribution in [3.63, 3.8) is 0 Å². The fourth-order valence-electron chi connectivity index (χ4n) is 14.9. The van der Waals surface area contributed by atoms with Crippen molar-refractivity contribution in [2.45, 2.75) is 82.6 Å². The monoisotopic (exact) mass is 868 g/mol. The van der Waals surface area contributed by atoms with Crippen molar-refractivity contribution in [3.8, 4) is 11.1 Å². The Labute approximate surface area is 391 Å². The molecule has 0 saturated carbocycles. The maximum Gasteiger partial charge on any atom is 0.344 e. The Morgan fingerprint density at radius 2 is 1.18 bits per heavy atom. The number of fused-ring (bicyclic) bond motifs is 15. The second-order valence-corrected chi connectivity index (χ2v) is 21.7. The lowest BCUT2D eigenvalue weighted by Gasteiger charge is -2.62. The van der Waals surface area contributed by atoms with E-state index in [2.05, 4.69) is 210 Å². The first kappa shape index (κ1) is 39.0. The number of hydrogen-bond acceptors (Lipinski definition) is 3. The largest absolute Gasteiger partial charge is 0.422 e. The van der Waals surface area contributed by atoms with E-state index in [0.29, 0.717) is 11.0 Å². The molecule has 4 aliphatic carbocycles. The highest BCUT2D eigenvalue weighted by atomic mass is 16.4. The molecular formula is C63H52N2O2. The molecule has 0 saturated heterocycles. The van der Waals surface area contributed by atoms with Crippen LogP contribution in [0.5, 0.6) is 0 Å². The lowest BCUT2D eigenvalue weighted by atomic mass is 9.49. The Morgan fingerprint density at radius 3 is 1.99 bits per heavy atom. The molecule has 67 heavy (non-hydrogen) atoms. The van der Waals surface area contributed by atoms with E-state index >= 15 is 0 Å². The Bertz CT molecular complexity index is 3930. The van der Waals surface area contributed by atoms with Gasteiger partial charge in [-0.15, -0.1) is 0 Å². The lowest BCUT2D eigenvalue weighted by molar-refractivity contribution is 0.417. The van der Waals surface area contributed by atoms with Gasteiger partial charge in [0.15, 0.2) is 0 Å². The third kappa shape index (κ3) is 4.48. The van der Waals surface area contributed by atoms with Crippen LogP contribution in [0.3, 0.4) is 0 Å². The van der Waals surface area contributed by atoms with Crippen LogP contribution in [0.2, 0.25) is 0 Å². The number of para-hydroxylation sites is 3. The Hall–Kier alpha value is -7.17. The van der Waals surface area contributed by atoms with E-state index in [1.54, 1.807) is 0 Å². The standard InChI is InChI=1S/C63H52N2O2/c1-36-31-55(64-50-26-16-10-20-40(50)43-33-42-41-21-11-18-28-53(41)67-58(66)44(42)34-52(43)64)63(8)48-25-15-17-27-51(48)65(37-29-30-39-38-19-9-12-22-45(38)59(2,3)49(39)32-37)61(6)35-54-60(4,5)46-23-13-14-24-47(46)62(54,7)56(36)57(61)63/h9-36H,1-8H3.